The number of nitrogens with zero attached hydrogens (tertiary/aromatic N) is 1. The van der Waals surface area contributed by atoms with Crippen molar-refractivity contribution in [2.45, 2.75) is 12.8 Å². The van der Waals surface area contributed by atoms with Crippen LogP contribution in [0.25, 0.3) is 66.9 Å². The maximum atomic E-state index is 6.42. The van der Waals surface area contributed by atoms with E-state index in [0.717, 1.165) is 52.4 Å². The van der Waals surface area contributed by atoms with Gasteiger partial charge in [0.2, 0.25) is 0 Å². The number of rotatable bonds is 4. The van der Waals surface area contributed by atoms with Crippen molar-refractivity contribution in [1.82, 2.24) is 4.98 Å². The third-order valence-electron chi connectivity index (χ3n) is 9.17. The van der Waals surface area contributed by atoms with Crippen LogP contribution in [0.4, 0.5) is 0 Å². The van der Waals surface area contributed by atoms with Gasteiger partial charge < -0.3 is 4.74 Å². The minimum Gasteiger partial charge on any atom is -0.460 e. The van der Waals surface area contributed by atoms with E-state index in [1.807, 2.05) is 12.1 Å². The Morgan fingerprint density at radius 2 is 1.09 bits per heavy atom. The van der Waals surface area contributed by atoms with Crippen LogP contribution < -0.4 is 15.2 Å². The third-order valence-corrected chi connectivity index (χ3v) is 9.17. The van der Waals surface area contributed by atoms with Crippen LogP contribution in [0.15, 0.2) is 152 Å². The molecule has 212 valence electrons. The van der Waals surface area contributed by atoms with E-state index in [0.29, 0.717) is 0 Å². The summed E-state index contributed by atoms with van der Waals surface area (Å²) < 4.78 is 6.42. The molecule has 0 N–H and O–H groups in total. The minimum absolute atomic E-state index is 0.901. The average molecular weight is 576 g/mol. The van der Waals surface area contributed by atoms with Crippen molar-refractivity contribution in [2.75, 3.05) is 0 Å². The summed E-state index contributed by atoms with van der Waals surface area (Å²) in [4.78, 5) is 5.15. The minimum atomic E-state index is 0.901. The first kappa shape index (κ1) is 25.7. The Morgan fingerprint density at radius 1 is 0.444 bits per heavy atom. The Morgan fingerprint density at radius 3 is 1.89 bits per heavy atom. The topological polar surface area (TPSA) is 22.1 Å². The van der Waals surface area contributed by atoms with Crippen molar-refractivity contribution < 1.29 is 4.74 Å². The lowest BCUT2D eigenvalue weighted by molar-refractivity contribution is 0.481. The van der Waals surface area contributed by atoms with Crippen LogP contribution in [0.3, 0.4) is 0 Å². The lowest BCUT2D eigenvalue weighted by Crippen LogP contribution is -2.37. The van der Waals surface area contributed by atoms with Gasteiger partial charge in [-0.3, -0.25) is 0 Å². The highest BCUT2D eigenvalue weighted by Gasteiger charge is 2.23. The summed E-state index contributed by atoms with van der Waals surface area (Å²) in [6, 6.07) is 54.1. The molecule has 0 atom stereocenters. The van der Waals surface area contributed by atoms with Crippen LogP contribution >= 0.6 is 0 Å². The number of para-hydroxylation sites is 1. The molecule has 0 fully saturated rings. The molecule has 0 saturated heterocycles. The number of hydrogen-bond acceptors (Lipinski definition) is 2. The maximum absolute atomic E-state index is 6.42. The van der Waals surface area contributed by atoms with Gasteiger partial charge in [-0.2, -0.15) is 0 Å². The summed E-state index contributed by atoms with van der Waals surface area (Å²) in [6.07, 6.45) is 1.85. The lowest BCUT2D eigenvalue weighted by Gasteiger charge is -2.25. The molecule has 2 heterocycles. The number of hydrogen-bond donors (Lipinski definition) is 0. The highest BCUT2D eigenvalue weighted by Crippen LogP contribution is 2.36. The summed E-state index contributed by atoms with van der Waals surface area (Å²) in [5.74, 6) is 2.05. The van der Waals surface area contributed by atoms with Crippen LogP contribution in [0.2, 0.25) is 0 Å². The van der Waals surface area contributed by atoms with E-state index < -0.39 is 0 Å². The third kappa shape index (κ3) is 4.46. The van der Waals surface area contributed by atoms with Gasteiger partial charge in [0.05, 0.1) is 11.4 Å². The molecule has 45 heavy (non-hydrogen) atoms. The fraction of sp³-hybridized carbons (Fsp3) is 0.0465. The van der Waals surface area contributed by atoms with Gasteiger partial charge in [-0.15, -0.1) is 0 Å². The van der Waals surface area contributed by atoms with Crippen molar-refractivity contribution in [3.8, 4) is 50.5 Å². The molecule has 1 aromatic heterocycles. The van der Waals surface area contributed by atoms with Gasteiger partial charge in [0.15, 0.2) is 0 Å². The van der Waals surface area contributed by atoms with Gasteiger partial charge in [0.1, 0.15) is 11.5 Å². The predicted octanol–water partition coefficient (Wildman–Crippen LogP) is 9.40. The first-order valence-electron chi connectivity index (χ1n) is 15.6. The average Bonchev–Trinajstić information content (AvgIpc) is 3.12. The quantitative estimate of drug-likeness (QED) is 0.209. The number of pyridine rings is 1. The van der Waals surface area contributed by atoms with Crippen molar-refractivity contribution in [3.05, 3.63) is 168 Å². The van der Waals surface area contributed by atoms with Gasteiger partial charge >= 0.3 is 0 Å². The van der Waals surface area contributed by atoms with Crippen molar-refractivity contribution in [2.24, 2.45) is 0 Å². The second-order valence-electron chi connectivity index (χ2n) is 11.9. The summed E-state index contributed by atoms with van der Waals surface area (Å²) in [5.41, 5.74) is 11.6. The lowest BCUT2D eigenvalue weighted by atomic mass is 9.87. The normalized spacial score (nSPS) is 13.2. The van der Waals surface area contributed by atoms with Gasteiger partial charge in [-0.1, -0.05) is 121 Å². The summed E-state index contributed by atoms with van der Waals surface area (Å²) in [5, 5.41) is 4.98. The first-order chi connectivity index (χ1) is 22.3. The molecule has 0 bridgehead atoms. The molecule has 0 saturated carbocycles. The van der Waals surface area contributed by atoms with Crippen LogP contribution in [-0.2, 0) is 0 Å². The Kier molecular flexibility index (Phi) is 5.99. The zero-order valence-electron chi connectivity index (χ0n) is 24.7. The molecule has 2 nitrogen and oxygen atoms in total. The van der Waals surface area contributed by atoms with Crippen molar-refractivity contribution in [3.63, 3.8) is 0 Å². The van der Waals surface area contributed by atoms with E-state index in [4.69, 9.17) is 9.72 Å². The Balaban J connectivity index is 1.15. The van der Waals surface area contributed by atoms with E-state index in [1.165, 1.54) is 49.0 Å². The molecule has 6 aromatic carbocycles. The van der Waals surface area contributed by atoms with Crippen molar-refractivity contribution in [1.29, 1.82) is 0 Å². The number of benzene rings is 6. The monoisotopic (exact) mass is 575 g/mol. The number of aromatic nitrogens is 1. The van der Waals surface area contributed by atoms with Gasteiger partial charge in [-0.25, -0.2) is 4.98 Å². The fourth-order valence-electron chi connectivity index (χ4n) is 6.96. The van der Waals surface area contributed by atoms with Crippen LogP contribution in [-0.4, -0.2) is 4.98 Å². The van der Waals surface area contributed by atoms with Gasteiger partial charge in [-0.05, 0) is 80.6 Å². The molecule has 0 amide bonds. The Bertz CT molecular complexity index is 2330. The number of fused-ring (bicyclic) bond motifs is 3. The zero-order valence-corrected chi connectivity index (χ0v) is 24.7. The van der Waals surface area contributed by atoms with Gasteiger partial charge in [0.25, 0.3) is 0 Å². The first-order valence-corrected chi connectivity index (χ1v) is 15.6. The molecule has 2 aliphatic rings. The van der Waals surface area contributed by atoms with E-state index in [-0.39, 0.29) is 0 Å². The standard InChI is InChI=1S/C43H29NO/c1-3-10-28(11-4-1)34-26-39(29-12-5-2-6-13-29)44-40(27-34)33-21-19-30-24-32(20-18-31(30)25-33)35-22-23-42-43-37(35)15-9-16-38(43)36-14-7-8-17-41(36)45-42/h1-21,24-27H,22-23H2. The predicted molar refractivity (Wildman–Crippen MR) is 185 cm³/mol. The van der Waals surface area contributed by atoms with E-state index in [9.17, 15) is 0 Å². The van der Waals surface area contributed by atoms with Crippen LogP contribution in [0.1, 0.15) is 18.4 Å². The van der Waals surface area contributed by atoms with Crippen LogP contribution in [0.5, 0.6) is 5.75 Å². The Hall–Kier alpha value is -5.73. The molecular weight excluding hydrogens is 546 g/mol. The fourth-order valence-corrected chi connectivity index (χ4v) is 6.96. The summed E-state index contributed by atoms with van der Waals surface area (Å²) >= 11 is 0. The largest absolute Gasteiger partial charge is 0.460 e. The second kappa shape index (κ2) is 10.5. The molecule has 0 spiro atoms. The molecule has 0 radical (unpaired) electrons. The van der Waals surface area contributed by atoms with E-state index in [1.54, 1.807) is 0 Å². The highest BCUT2D eigenvalue weighted by molar-refractivity contribution is 5.91. The molecular formula is C43H29NO. The summed E-state index contributed by atoms with van der Waals surface area (Å²) in [6.45, 7) is 0. The SMILES string of the molecule is c1ccc(-c2cc(-c3ccccc3)nc(-c3ccc4cc(C5=c6cccc7c6=C(CC5)Oc5ccccc5-7)ccc4c3)c2)cc1. The second-order valence-corrected chi connectivity index (χ2v) is 11.9. The van der Waals surface area contributed by atoms with Gasteiger partial charge in [0, 0.05) is 28.3 Å². The van der Waals surface area contributed by atoms with Crippen molar-refractivity contribution >= 4 is 22.1 Å². The molecule has 0 unspecified atom stereocenters. The van der Waals surface area contributed by atoms with E-state index >= 15 is 0 Å². The maximum Gasteiger partial charge on any atom is 0.134 e. The molecule has 1 aliphatic carbocycles. The molecule has 2 heteroatoms. The smallest absolute Gasteiger partial charge is 0.134 e. The molecule has 9 rings (SSSR count). The number of ether oxygens (including phenoxy) is 1. The molecule has 7 aromatic rings. The highest BCUT2D eigenvalue weighted by atomic mass is 16.5. The van der Waals surface area contributed by atoms with Crippen LogP contribution in [0, 0.1) is 0 Å². The molecule has 1 aliphatic heterocycles. The summed E-state index contributed by atoms with van der Waals surface area (Å²) in [7, 11) is 0. The van der Waals surface area contributed by atoms with E-state index in [2.05, 4.69) is 140 Å². The zero-order chi connectivity index (χ0) is 29.7. The Labute approximate surface area is 262 Å².